The van der Waals surface area contributed by atoms with Gasteiger partial charge in [-0.15, -0.1) is 0 Å². The van der Waals surface area contributed by atoms with Crippen LogP contribution in [0, 0.1) is 41.4 Å². The number of likely N-dealkylation sites (tertiary alicyclic amines) is 1. The number of hydrogen-bond donors (Lipinski definition) is 14. The number of unbranched alkanes of at least 4 members (excludes halogenated alkanes) is 3. The third-order valence-corrected chi connectivity index (χ3v) is 19.3. The SMILES string of the molecule is C/C=C1\NC(=O)[C@H](Cc2ccccc2)NC(=O)[C@@H](C(C)C)NC(=O)[C@@H]([C@@H](C)CC)NC(=O)[C@H](NC(=O)[C@H](NC(=O)[C@H](CCCN)NC(=O)[C@H]2CCCN2C(=O)[C@H](NC(=O)[C@@H](NC(=O)[C@@H](NC(=O)[C@H](NC(=O)CCCCCC)C(C)C)[C@@H](C)O)C(C)C)C(C)C)[C@@H](C)CC)[C@@H](C)OC(=O)[C@H](C(C)C)NC1=O. The van der Waals surface area contributed by atoms with Crippen LogP contribution in [0.25, 0.3) is 0 Å². The summed E-state index contributed by atoms with van der Waals surface area (Å²) >= 11 is 0. The largest absolute Gasteiger partial charge is 0.458 e. The number of nitrogens with zero attached hydrogens (tertiary/aromatic N) is 1. The van der Waals surface area contributed by atoms with Crippen LogP contribution in [0.3, 0.4) is 0 Å². The minimum Gasteiger partial charge on any atom is -0.458 e. The fraction of sp³-hybridized carbons (Fsp3) is 0.707. The molecule has 590 valence electrons. The van der Waals surface area contributed by atoms with Crippen molar-refractivity contribution in [2.24, 2.45) is 47.2 Å². The van der Waals surface area contributed by atoms with Crippen LogP contribution >= 0.6 is 0 Å². The predicted octanol–water partition coefficient (Wildman–Crippen LogP) is 1.98. The van der Waals surface area contributed by atoms with Crippen LogP contribution in [0.4, 0.5) is 0 Å². The number of aliphatic hydroxyl groups is 1. The molecule has 2 heterocycles. The lowest BCUT2D eigenvalue weighted by Crippen LogP contribution is -2.64. The molecule has 0 spiro atoms. The van der Waals surface area contributed by atoms with E-state index in [2.05, 4.69) is 63.8 Å². The molecule has 0 aromatic heterocycles. The summed E-state index contributed by atoms with van der Waals surface area (Å²) in [6.07, 6.45) is 3.04. The number of cyclic esters (lactones) is 1. The van der Waals surface area contributed by atoms with E-state index in [1.165, 1.54) is 31.7 Å². The van der Waals surface area contributed by atoms with E-state index in [9.17, 15) is 62.6 Å². The maximum Gasteiger partial charge on any atom is 0.329 e. The lowest BCUT2D eigenvalue weighted by atomic mass is 9.95. The van der Waals surface area contributed by atoms with Crippen molar-refractivity contribution >= 4 is 82.8 Å². The van der Waals surface area contributed by atoms with Crippen molar-refractivity contribution in [2.75, 3.05) is 13.1 Å². The molecule has 3 rings (SSSR count). The van der Waals surface area contributed by atoms with Crippen LogP contribution in [0.15, 0.2) is 42.1 Å². The Balaban J connectivity index is 2.00. The van der Waals surface area contributed by atoms with Crippen LogP contribution in [-0.2, 0) is 78.3 Å². The summed E-state index contributed by atoms with van der Waals surface area (Å²) in [7, 11) is 0. The molecule has 0 radical (unpaired) electrons. The Hall–Kier alpha value is -8.54. The molecule has 2 aliphatic heterocycles. The molecule has 1 aromatic carbocycles. The molecule has 2 fully saturated rings. The molecule has 1 aromatic rings. The topological polar surface area (TPSA) is 442 Å². The number of hydrogen-bond acceptors (Lipinski definition) is 17. The molecule has 30 heteroatoms. The van der Waals surface area contributed by atoms with Crippen molar-refractivity contribution in [3.8, 4) is 0 Å². The van der Waals surface area contributed by atoms with Crippen LogP contribution in [0.5, 0.6) is 0 Å². The Morgan fingerprint density at radius 3 is 1.70 bits per heavy atom. The van der Waals surface area contributed by atoms with Crippen molar-refractivity contribution in [3.05, 3.63) is 47.7 Å². The Morgan fingerprint density at radius 2 is 1.16 bits per heavy atom. The third kappa shape index (κ3) is 27.7. The number of carbonyl (C=O) groups is 14. The first-order valence-corrected chi connectivity index (χ1v) is 37.6. The Labute approximate surface area is 620 Å². The number of esters is 1. The Bertz CT molecular complexity index is 3140. The van der Waals surface area contributed by atoms with Gasteiger partial charge in [-0.25, -0.2) is 4.79 Å². The molecule has 2 aliphatic rings. The van der Waals surface area contributed by atoms with Crippen molar-refractivity contribution in [1.29, 1.82) is 0 Å². The van der Waals surface area contributed by atoms with E-state index in [-0.39, 0.29) is 63.2 Å². The number of rotatable bonds is 34. The zero-order valence-electron chi connectivity index (χ0n) is 65.1. The van der Waals surface area contributed by atoms with Gasteiger partial charge in [-0.3, -0.25) is 62.3 Å². The van der Waals surface area contributed by atoms with Gasteiger partial charge in [0, 0.05) is 19.4 Å². The first-order valence-electron chi connectivity index (χ1n) is 37.6. The summed E-state index contributed by atoms with van der Waals surface area (Å²) in [5.74, 6) is -15.5. The highest BCUT2D eigenvalue weighted by Gasteiger charge is 2.44. The minimum atomic E-state index is -1.83. The first-order chi connectivity index (χ1) is 49.4. The van der Waals surface area contributed by atoms with E-state index >= 15 is 9.59 Å². The van der Waals surface area contributed by atoms with Crippen LogP contribution in [0.2, 0.25) is 0 Å². The van der Waals surface area contributed by atoms with E-state index in [1.807, 2.05) is 6.92 Å². The maximum atomic E-state index is 15.0. The molecule has 0 unspecified atom stereocenters. The van der Waals surface area contributed by atoms with Crippen LogP contribution in [0.1, 0.15) is 201 Å². The monoisotopic (exact) mass is 1480 g/mol. The van der Waals surface area contributed by atoms with Crippen molar-refractivity contribution in [2.45, 2.75) is 286 Å². The average Bonchev–Trinajstić information content (AvgIpc) is 1.74. The van der Waals surface area contributed by atoms with E-state index in [0.717, 1.165) is 19.3 Å². The van der Waals surface area contributed by atoms with Crippen molar-refractivity contribution in [3.63, 3.8) is 0 Å². The van der Waals surface area contributed by atoms with Gasteiger partial charge in [-0.1, -0.05) is 172 Å². The number of aliphatic hydroxyl groups excluding tert-OH is 1. The second kappa shape index (κ2) is 44.4. The van der Waals surface area contributed by atoms with Gasteiger partial charge in [-0.05, 0) is 106 Å². The summed E-state index contributed by atoms with van der Waals surface area (Å²) in [6, 6.07) is -7.65. The highest BCUT2D eigenvalue weighted by atomic mass is 16.5. The molecule has 0 bridgehead atoms. The quantitative estimate of drug-likeness (QED) is 0.0266. The molecule has 105 heavy (non-hydrogen) atoms. The number of carbonyl (C=O) groups excluding carboxylic acids is 14. The number of ether oxygens (including phenoxy) is 1. The summed E-state index contributed by atoms with van der Waals surface area (Å²) in [5.41, 5.74) is 6.34. The first kappa shape index (κ1) is 90.7. The standard InChI is InChI=1S/C75H124N14O16/c1-19-23-24-28-35-53(91)80-54(39(5)6)68(97)87-61(46(17)90)72(101)82-56(41(9)10)69(98)83-57(42(11)12)74(103)89-37-30-34-52(89)66(95)78-50(33-29-36-76)64(93)85-59(44(15)20-2)71(100)88-62-47(18)105-75(104)58(43(13)14)84-63(92)49(22-4)77-65(94)51(38-48-31-26-25-27-32-48)79-67(96)55(40(7)8)81-70(99)60(45(16)21-3)86-73(62)102/h22,25-27,31-32,39-47,50-52,54-62,90H,19-21,23-24,28-30,33-38,76H2,1-18H3,(H,77,94)(H,78,95)(H,79,96)(H,80,91)(H,81,99)(H,82,101)(H,83,98)(H,84,92)(H,85,93)(H,86,102)(H,87,97)(H,88,100)/b49-22-/t44-,45-,46+,47+,50-,51-,52+,54+,55+,56-,57+,58-,59+,60+,61-,62+/m0/s1. The van der Waals surface area contributed by atoms with E-state index in [0.29, 0.717) is 24.8 Å². The summed E-state index contributed by atoms with van der Waals surface area (Å²) in [6.45, 7) is 29.7. The number of allylic oxidation sites excluding steroid dienone is 1. The highest BCUT2D eigenvalue weighted by molar-refractivity contribution is 6.03. The van der Waals surface area contributed by atoms with E-state index in [1.54, 1.807) is 127 Å². The molecule has 2 saturated heterocycles. The Morgan fingerprint density at radius 1 is 0.610 bits per heavy atom. The molecule has 15 N–H and O–H groups in total. The minimum absolute atomic E-state index is 0.0352. The predicted molar refractivity (Wildman–Crippen MR) is 395 cm³/mol. The number of nitrogens with two attached hydrogens (primary N) is 1. The fourth-order valence-corrected chi connectivity index (χ4v) is 12.2. The fourth-order valence-electron chi connectivity index (χ4n) is 12.2. The highest BCUT2D eigenvalue weighted by Crippen LogP contribution is 2.23. The molecule has 16 atom stereocenters. The molecular weight excluding hydrogens is 1350 g/mol. The van der Waals surface area contributed by atoms with Gasteiger partial charge in [0.25, 0.3) is 5.91 Å². The molecule has 13 amide bonds. The summed E-state index contributed by atoms with van der Waals surface area (Å²) in [5, 5.41) is 43.2. The lowest BCUT2D eigenvalue weighted by Gasteiger charge is -2.33. The Kier molecular flexibility index (Phi) is 38.4. The molecular formula is C75H124N14O16. The van der Waals surface area contributed by atoms with E-state index < -0.39 is 203 Å². The number of amides is 13. The van der Waals surface area contributed by atoms with Crippen LogP contribution in [-0.4, -0.2) is 191 Å². The average molecular weight is 1480 g/mol. The summed E-state index contributed by atoms with van der Waals surface area (Å²) < 4.78 is 5.96. The van der Waals surface area contributed by atoms with Gasteiger partial charge in [0.1, 0.15) is 84.3 Å². The molecule has 0 aliphatic carbocycles. The second-order valence-electron chi connectivity index (χ2n) is 29.7. The van der Waals surface area contributed by atoms with Gasteiger partial charge >= 0.3 is 5.97 Å². The van der Waals surface area contributed by atoms with Gasteiger partial charge in [0.15, 0.2) is 0 Å². The third-order valence-electron chi connectivity index (χ3n) is 19.3. The number of benzene rings is 1. The zero-order valence-corrected chi connectivity index (χ0v) is 65.1. The second-order valence-corrected chi connectivity index (χ2v) is 29.7. The van der Waals surface area contributed by atoms with Gasteiger partial charge in [0.2, 0.25) is 70.9 Å². The van der Waals surface area contributed by atoms with Gasteiger partial charge < -0.3 is 84.3 Å². The maximum absolute atomic E-state index is 15.0. The van der Waals surface area contributed by atoms with E-state index in [4.69, 9.17) is 10.5 Å². The van der Waals surface area contributed by atoms with Gasteiger partial charge in [-0.2, -0.15) is 0 Å². The van der Waals surface area contributed by atoms with Gasteiger partial charge in [0.05, 0.1) is 6.10 Å². The van der Waals surface area contributed by atoms with Crippen molar-refractivity contribution < 1.29 is 77.0 Å². The lowest BCUT2D eigenvalue weighted by molar-refractivity contribution is -0.157. The zero-order chi connectivity index (χ0) is 79.3. The smallest absolute Gasteiger partial charge is 0.329 e. The summed E-state index contributed by atoms with van der Waals surface area (Å²) in [4.78, 5) is 202. The van der Waals surface area contributed by atoms with Crippen molar-refractivity contribution in [1.82, 2.24) is 68.7 Å². The number of nitrogens with one attached hydrogen (secondary N) is 12. The normalized spacial score (nSPS) is 22.5. The molecule has 30 nitrogen and oxygen atoms in total. The van der Waals surface area contributed by atoms with Crippen LogP contribution < -0.4 is 69.5 Å². The molecule has 0 saturated carbocycles.